The number of benzene rings is 1. The third-order valence-electron chi connectivity index (χ3n) is 2.86. The summed E-state index contributed by atoms with van der Waals surface area (Å²) in [5.41, 5.74) is 2.21. The second-order valence-electron chi connectivity index (χ2n) is 4.35. The Hall–Kier alpha value is -1.33. The molecule has 0 bridgehead atoms. The highest BCUT2D eigenvalue weighted by atomic mass is 32.2. The second-order valence-corrected chi connectivity index (χ2v) is 6.07. The average molecular weight is 277 g/mol. The van der Waals surface area contributed by atoms with Crippen LogP contribution in [-0.2, 0) is 11.2 Å². The number of carbonyl (C=O) groups excluding carboxylic acids is 1. The molecule has 0 unspecified atom stereocenters. The highest BCUT2D eigenvalue weighted by Gasteiger charge is 2.23. The molecule has 2 aliphatic rings. The molecule has 5 heteroatoms. The molecule has 1 fully saturated rings. The summed E-state index contributed by atoms with van der Waals surface area (Å²) in [7, 11) is 0. The number of hydrogen-bond acceptors (Lipinski definition) is 4. The molecule has 0 saturated carbocycles. The lowest BCUT2D eigenvalue weighted by Crippen LogP contribution is -2.17. The Balaban J connectivity index is 1.91. The Morgan fingerprint density at radius 2 is 2.39 bits per heavy atom. The van der Waals surface area contributed by atoms with E-state index in [9.17, 15) is 4.79 Å². The maximum Gasteiger partial charge on any atom is 0.263 e. The standard InChI is InChI=1S/C13H11NO2S2/c1-7-4-9-5-8(2-3-10(9)16-7)6-11-12(15)14-13(17)18-11/h2-3,5-7H,4H2,1H3,(H,14,15,17)/b11-6-/t7-/m1/s1. The van der Waals surface area contributed by atoms with Crippen LogP contribution in [0.15, 0.2) is 23.1 Å². The third-order valence-corrected chi connectivity index (χ3v) is 4.02. The Morgan fingerprint density at radius 3 is 3.11 bits per heavy atom. The van der Waals surface area contributed by atoms with Gasteiger partial charge >= 0.3 is 0 Å². The molecule has 0 spiro atoms. The van der Waals surface area contributed by atoms with Crippen molar-refractivity contribution in [3.63, 3.8) is 0 Å². The minimum absolute atomic E-state index is 0.116. The van der Waals surface area contributed by atoms with Gasteiger partial charge in [0.05, 0.1) is 4.91 Å². The fraction of sp³-hybridized carbons (Fsp3) is 0.231. The largest absolute Gasteiger partial charge is 0.490 e. The van der Waals surface area contributed by atoms with Crippen molar-refractivity contribution in [1.82, 2.24) is 5.32 Å². The Labute approximate surface area is 115 Å². The van der Waals surface area contributed by atoms with Gasteiger partial charge in [-0.1, -0.05) is 30.0 Å². The number of rotatable bonds is 1. The van der Waals surface area contributed by atoms with E-state index in [0.29, 0.717) is 9.23 Å². The van der Waals surface area contributed by atoms with Crippen LogP contribution in [0.5, 0.6) is 5.75 Å². The van der Waals surface area contributed by atoms with Gasteiger partial charge in [-0.2, -0.15) is 0 Å². The molecule has 3 rings (SSSR count). The number of amides is 1. The van der Waals surface area contributed by atoms with E-state index in [-0.39, 0.29) is 12.0 Å². The lowest BCUT2D eigenvalue weighted by atomic mass is 10.1. The number of hydrogen-bond donors (Lipinski definition) is 1. The lowest BCUT2D eigenvalue weighted by Gasteiger charge is -2.02. The van der Waals surface area contributed by atoms with Crippen molar-refractivity contribution in [3.05, 3.63) is 34.2 Å². The van der Waals surface area contributed by atoms with Crippen LogP contribution in [0.4, 0.5) is 0 Å². The molecule has 1 saturated heterocycles. The minimum atomic E-state index is -0.116. The van der Waals surface area contributed by atoms with Gasteiger partial charge in [-0.05, 0) is 36.3 Å². The van der Waals surface area contributed by atoms with Crippen LogP contribution in [0.2, 0.25) is 0 Å². The van der Waals surface area contributed by atoms with Crippen LogP contribution in [0.25, 0.3) is 6.08 Å². The molecule has 92 valence electrons. The maximum absolute atomic E-state index is 11.6. The van der Waals surface area contributed by atoms with Crippen molar-refractivity contribution in [2.75, 3.05) is 0 Å². The maximum atomic E-state index is 11.6. The quantitative estimate of drug-likeness (QED) is 0.632. The number of carbonyl (C=O) groups is 1. The fourth-order valence-electron chi connectivity index (χ4n) is 2.10. The molecule has 18 heavy (non-hydrogen) atoms. The third kappa shape index (κ3) is 2.15. The van der Waals surface area contributed by atoms with Crippen molar-refractivity contribution in [3.8, 4) is 5.75 Å². The van der Waals surface area contributed by atoms with E-state index in [1.807, 2.05) is 18.2 Å². The molecular weight excluding hydrogens is 266 g/mol. The van der Waals surface area contributed by atoms with E-state index < -0.39 is 0 Å². The van der Waals surface area contributed by atoms with Crippen LogP contribution >= 0.6 is 24.0 Å². The Morgan fingerprint density at radius 1 is 1.56 bits per heavy atom. The molecule has 1 amide bonds. The van der Waals surface area contributed by atoms with Crippen molar-refractivity contribution in [2.24, 2.45) is 0 Å². The summed E-state index contributed by atoms with van der Waals surface area (Å²) in [4.78, 5) is 12.2. The van der Waals surface area contributed by atoms with E-state index in [0.717, 1.165) is 17.7 Å². The summed E-state index contributed by atoms with van der Waals surface area (Å²) in [5, 5.41) is 2.61. The lowest BCUT2D eigenvalue weighted by molar-refractivity contribution is -0.115. The first kappa shape index (κ1) is 11.7. The zero-order valence-electron chi connectivity index (χ0n) is 9.73. The molecule has 2 heterocycles. The predicted octanol–water partition coefficient (Wildman–Crippen LogP) is 2.50. The molecule has 1 N–H and O–H groups in total. The van der Waals surface area contributed by atoms with Crippen molar-refractivity contribution in [1.29, 1.82) is 0 Å². The van der Waals surface area contributed by atoms with Gasteiger partial charge in [-0.3, -0.25) is 4.79 Å². The minimum Gasteiger partial charge on any atom is -0.490 e. The van der Waals surface area contributed by atoms with E-state index in [1.54, 1.807) is 0 Å². The van der Waals surface area contributed by atoms with Gasteiger partial charge in [0.15, 0.2) is 0 Å². The Bertz CT molecular complexity index is 580. The van der Waals surface area contributed by atoms with Gasteiger partial charge in [-0.15, -0.1) is 0 Å². The van der Waals surface area contributed by atoms with E-state index in [1.165, 1.54) is 17.3 Å². The summed E-state index contributed by atoms with van der Waals surface area (Å²) >= 11 is 6.26. The number of fused-ring (bicyclic) bond motifs is 1. The fourth-order valence-corrected chi connectivity index (χ4v) is 3.15. The molecule has 0 aromatic heterocycles. The first-order valence-corrected chi connectivity index (χ1v) is 6.89. The van der Waals surface area contributed by atoms with Crippen LogP contribution in [0, 0.1) is 0 Å². The second kappa shape index (κ2) is 4.40. The zero-order chi connectivity index (χ0) is 12.7. The molecule has 1 aromatic rings. The molecule has 0 aliphatic carbocycles. The van der Waals surface area contributed by atoms with Gasteiger partial charge in [0.1, 0.15) is 16.2 Å². The topological polar surface area (TPSA) is 38.3 Å². The first-order valence-electron chi connectivity index (χ1n) is 5.66. The van der Waals surface area contributed by atoms with Crippen molar-refractivity contribution < 1.29 is 9.53 Å². The van der Waals surface area contributed by atoms with E-state index in [2.05, 4.69) is 18.3 Å². The zero-order valence-corrected chi connectivity index (χ0v) is 11.4. The van der Waals surface area contributed by atoms with Crippen LogP contribution < -0.4 is 10.1 Å². The molecule has 1 aromatic carbocycles. The van der Waals surface area contributed by atoms with Crippen LogP contribution in [0.1, 0.15) is 18.1 Å². The molecule has 1 atom stereocenters. The average Bonchev–Trinajstić information content (AvgIpc) is 2.80. The van der Waals surface area contributed by atoms with Crippen LogP contribution in [0.3, 0.4) is 0 Å². The number of ether oxygens (including phenoxy) is 1. The summed E-state index contributed by atoms with van der Waals surface area (Å²) in [6.07, 6.45) is 3.02. The first-order chi connectivity index (χ1) is 8.61. The van der Waals surface area contributed by atoms with Crippen molar-refractivity contribution >= 4 is 40.3 Å². The monoisotopic (exact) mass is 277 g/mol. The summed E-state index contributed by atoms with van der Waals surface area (Å²) in [5.74, 6) is 0.832. The highest BCUT2D eigenvalue weighted by molar-refractivity contribution is 8.26. The number of thiocarbonyl (C=S) groups is 1. The van der Waals surface area contributed by atoms with Gasteiger partial charge in [0.2, 0.25) is 0 Å². The van der Waals surface area contributed by atoms with Crippen LogP contribution in [-0.4, -0.2) is 16.3 Å². The molecule has 2 aliphatic heterocycles. The SMILES string of the molecule is C[C@@H]1Cc2cc(/C=C3\SC(=S)NC3=O)ccc2O1. The summed E-state index contributed by atoms with van der Waals surface area (Å²) in [6.45, 7) is 2.05. The van der Waals surface area contributed by atoms with E-state index >= 15 is 0 Å². The predicted molar refractivity (Wildman–Crippen MR) is 76.5 cm³/mol. The van der Waals surface area contributed by atoms with Gasteiger partial charge in [-0.25, -0.2) is 0 Å². The Kier molecular flexibility index (Phi) is 2.87. The molecular formula is C13H11NO2S2. The summed E-state index contributed by atoms with van der Waals surface area (Å²) < 4.78 is 6.16. The van der Waals surface area contributed by atoms with Gasteiger partial charge in [0, 0.05) is 6.42 Å². The number of nitrogens with one attached hydrogen (secondary N) is 1. The highest BCUT2D eigenvalue weighted by Crippen LogP contribution is 2.31. The summed E-state index contributed by atoms with van der Waals surface area (Å²) in [6, 6.07) is 5.99. The number of thioether (sulfide) groups is 1. The van der Waals surface area contributed by atoms with Crippen molar-refractivity contribution in [2.45, 2.75) is 19.4 Å². The smallest absolute Gasteiger partial charge is 0.263 e. The van der Waals surface area contributed by atoms with Gasteiger partial charge < -0.3 is 10.1 Å². The van der Waals surface area contributed by atoms with E-state index in [4.69, 9.17) is 17.0 Å². The molecule has 3 nitrogen and oxygen atoms in total. The van der Waals surface area contributed by atoms with Gasteiger partial charge in [0.25, 0.3) is 5.91 Å². The normalized spacial score (nSPS) is 24.1. The molecule has 0 radical (unpaired) electrons.